The first-order valence-electron chi connectivity index (χ1n) is 7.18. The Hall–Kier alpha value is -3.09. The number of hydrogen-bond acceptors (Lipinski definition) is 6. The Bertz CT molecular complexity index is 798. The van der Waals surface area contributed by atoms with Crippen LogP contribution in [0.3, 0.4) is 0 Å². The van der Waals surface area contributed by atoms with Crippen LogP contribution in [-0.4, -0.2) is 33.9 Å². The maximum absolute atomic E-state index is 5.96. The maximum atomic E-state index is 5.96. The Morgan fingerprint density at radius 1 is 1.13 bits per heavy atom. The number of aromatic nitrogens is 4. The molecule has 118 valence electrons. The number of tetrazole rings is 1. The first-order chi connectivity index (χ1) is 11.2. The second-order valence-corrected chi connectivity index (χ2v) is 4.80. The van der Waals surface area contributed by atoms with E-state index in [9.17, 15) is 0 Å². The molecule has 0 saturated heterocycles. The number of nitrogens with zero attached hydrogens (tertiary/aromatic N) is 4. The summed E-state index contributed by atoms with van der Waals surface area (Å²) < 4.78 is 12.3. The average molecular weight is 311 g/mol. The standard InChI is InChI=1S/C16H17N5O2/c1-3-23-13-7-5-12(6-8-13)21-16(18-19-20-21)11-4-9-15(22-2)14(17)10-11/h4-10H,3,17H2,1-2H3. The molecule has 0 aliphatic rings. The quantitative estimate of drug-likeness (QED) is 0.727. The second-order valence-electron chi connectivity index (χ2n) is 4.80. The number of ether oxygens (including phenoxy) is 2. The highest BCUT2D eigenvalue weighted by molar-refractivity contribution is 5.67. The zero-order chi connectivity index (χ0) is 16.2. The highest BCUT2D eigenvalue weighted by Crippen LogP contribution is 2.28. The SMILES string of the molecule is CCOc1ccc(-n2nnnc2-c2ccc(OC)c(N)c2)cc1. The van der Waals surface area contributed by atoms with Crippen molar-refractivity contribution < 1.29 is 9.47 Å². The first-order valence-corrected chi connectivity index (χ1v) is 7.18. The van der Waals surface area contributed by atoms with Gasteiger partial charge in [0.15, 0.2) is 5.82 Å². The lowest BCUT2D eigenvalue weighted by atomic mass is 10.1. The van der Waals surface area contributed by atoms with Crippen LogP contribution in [0.25, 0.3) is 17.1 Å². The van der Waals surface area contributed by atoms with Crippen LogP contribution < -0.4 is 15.2 Å². The van der Waals surface area contributed by atoms with E-state index < -0.39 is 0 Å². The fourth-order valence-electron chi connectivity index (χ4n) is 2.26. The van der Waals surface area contributed by atoms with Gasteiger partial charge in [-0.15, -0.1) is 5.10 Å². The third kappa shape index (κ3) is 2.94. The molecule has 3 aromatic rings. The van der Waals surface area contributed by atoms with E-state index in [0.29, 0.717) is 23.9 Å². The van der Waals surface area contributed by atoms with Crippen LogP contribution in [0.2, 0.25) is 0 Å². The summed E-state index contributed by atoms with van der Waals surface area (Å²) in [4.78, 5) is 0. The third-order valence-corrected chi connectivity index (χ3v) is 3.35. The molecule has 0 unspecified atom stereocenters. The Labute approximate surface area is 133 Å². The van der Waals surface area contributed by atoms with Crippen LogP contribution in [0, 0.1) is 0 Å². The highest BCUT2D eigenvalue weighted by atomic mass is 16.5. The summed E-state index contributed by atoms with van der Waals surface area (Å²) in [6.45, 7) is 2.57. The van der Waals surface area contributed by atoms with Crippen molar-refractivity contribution >= 4 is 5.69 Å². The van der Waals surface area contributed by atoms with Crippen LogP contribution >= 0.6 is 0 Å². The lowest BCUT2D eigenvalue weighted by Crippen LogP contribution is -2.01. The Morgan fingerprint density at radius 3 is 2.57 bits per heavy atom. The van der Waals surface area contributed by atoms with Gasteiger partial charge in [-0.25, -0.2) is 0 Å². The highest BCUT2D eigenvalue weighted by Gasteiger charge is 2.12. The normalized spacial score (nSPS) is 10.5. The smallest absolute Gasteiger partial charge is 0.187 e. The molecule has 0 spiro atoms. The topological polar surface area (TPSA) is 88.1 Å². The van der Waals surface area contributed by atoms with E-state index in [2.05, 4.69) is 15.5 Å². The number of methoxy groups -OCH3 is 1. The molecule has 0 radical (unpaired) electrons. The van der Waals surface area contributed by atoms with Gasteiger partial charge in [-0.2, -0.15) is 4.68 Å². The van der Waals surface area contributed by atoms with Gasteiger partial charge in [-0.05, 0) is 59.8 Å². The van der Waals surface area contributed by atoms with Crippen LogP contribution in [0.1, 0.15) is 6.92 Å². The number of benzene rings is 2. The van der Waals surface area contributed by atoms with Gasteiger partial charge >= 0.3 is 0 Å². The van der Waals surface area contributed by atoms with Crippen molar-refractivity contribution in [3.05, 3.63) is 42.5 Å². The van der Waals surface area contributed by atoms with Crippen molar-refractivity contribution in [2.24, 2.45) is 0 Å². The fourth-order valence-corrected chi connectivity index (χ4v) is 2.26. The van der Waals surface area contributed by atoms with Gasteiger partial charge in [-0.1, -0.05) is 0 Å². The van der Waals surface area contributed by atoms with E-state index in [4.69, 9.17) is 15.2 Å². The summed E-state index contributed by atoms with van der Waals surface area (Å²) in [6, 6.07) is 13.0. The summed E-state index contributed by atoms with van der Waals surface area (Å²) in [5.74, 6) is 2.02. The molecule has 1 aromatic heterocycles. The molecule has 0 fully saturated rings. The van der Waals surface area contributed by atoms with Crippen LogP contribution in [0.4, 0.5) is 5.69 Å². The number of anilines is 1. The minimum absolute atomic E-state index is 0.534. The largest absolute Gasteiger partial charge is 0.495 e. The Kier molecular flexibility index (Phi) is 4.09. The van der Waals surface area contributed by atoms with Gasteiger partial charge < -0.3 is 15.2 Å². The molecule has 0 aliphatic heterocycles. The lowest BCUT2D eigenvalue weighted by Gasteiger charge is -2.08. The van der Waals surface area contributed by atoms with Gasteiger partial charge in [-0.3, -0.25) is 0 Å². The minimum Gasteiger partial charge on any atom is -0.495 e. The Balaban J connectivity index is 1.97. The van der Waals surface area contributed by atoms with E-state index in [-0.39, 0.29) is 0 Å². The van der Waals surface area contributed by atoms with Gasteiger partial charge in [0, 0.05) is 5.56 Å². The van der Waals surface area contributed by atoms with Crippen molar-refractivity contribution in [2.75, 3.05) is 19.5 Å². The summed E-state index contributed by atoms with van der Waals surface area (Å²) in [5, 5.41) is 11.9. The molecular weight excluding hydrogens is 294 g/mol. The van der Waals surface area contributed by atoms with Gasteiger partial charge in [0.1, 0.15) is 11.5 Å². The summed E-state index contributed by atoms with van der Waals surface area (Å²) >= 11 is 0. The molecule has 2 N–H and O–H groups in total. The molecule has 0 amide bonds. The van der Waals surface area contributed by atoms with E-state index in [1.807, 2.05) is 37.3 Å². The predicted octanol–water partition coefficient (Wildman–Crippen LogP) is 2.32. The van der Waals surface area contributed by atoms with Crippen molar-refractivity contribution in [1.29, 1.82) is 0 Å². The fraction of sp³-hybridized carbons (Fsp3) is 0.188. The van der Waals surface area contributed by atoms with E-state index in [1.54, 1.807) is 23.9 Å². The van der Waals surface area contributed by atoms with Crippen molar-refractivity contribution in [1.82, 2.24) is 20.2 Å². The molecule has 23 heavy (non-hydrogen) atoms. The zero-order valence-corrected chi connectivity index (χ0v) is 12.9. The van der Waals surface area contributed by atoms with E-state index in [1.165, 1.54) is 0 Å². The van der Waals surface area contributed by atoms with Crippen LogP contribution in [0.5, 0.6) is 11.5 Å². The van der Waals surface area contributed by atoms with Crippen molar-refractivity contribution in [3.8, 4) is 28.6 Å². The van der Waals surface area contributed by atoms with Crippen molar-refractivity contribution in [2.45, 2.75) is 6.92 Å². The molecular formula is C16H17N5O2. The van der Waals surface area contributed by atoms with Crippen LogP contribution in [0.15, 0.2) is 42.5 Å². The average Bonchev–Trinajstić information content (AvgIpc) is 3.05. The van der Waals surface area contributed by atoms with E-state index >= 15 is 0 Å². The molecule has 0 aliphatic carbocycles. The summed E-state index contributed by atoms with van der Waals surface area (Å²) in [5.41, 5.74) is 8.14. The maximum Gasteiger partial charge on any atom is 0.187 e. The Morgan fingerprint density at radius 2 is 1.91 bits per heavy atom. The lowest BCUT2D eigenvalue weighted by molar-refractivity contribution is 0.340. The number of hydrogen-bond donors (Lipinski definition) is 1. The number of nitrogen functional groups attached to an aromatic ring is 1. The zero-order valence-electron chi connectivity index (χ0n) is 12.9. The molecule has 3 rings (SSSR count). The molecule has 0 atom stereocenters. The minimum atomic E-state index is 0.534. The number of rotatable bonds is 5. The summed E-state index contributed by atoms with van der Waals surface area (Å²) in [7, 11) is 1.58. The molecule has 0 saturated carbocycles. The molecule has 1 heterocycles. The molecule has 0 bridgehead atoms. The van der Waals surface area contributed by atoms with E-state index in [0.717, 1.165) is 17.0 Å². The second kappa shape index (κ2) is 6.35. The predicted molar refractivity (Wildman–Crippen MR) is 86.7 cm³/mol. The third-order valence-electron chi connectivity index (χ3n) is 3.35. The molecule has 2 aromatic carbocycles. The van der Waals surface area contributed by atoms with Crippen molar-refractivity contribution in [3.63, 3.8) is 0 Å². The number of nitrogens with two attached hydrogens (primary N) is 1. The van der Waals surface area contributed by atoms with Gasteiger partial charge in [0.25, 0.3) is 0 Å². The molecule has 7 nitrogen and oxygen atoms in total. The first kappa shape index (κ1) is 14.8. The monoisotopic (exact) mass is 311 g/mol. The summed E-state index contributed by atoms with van der Waals surface area (Å²) in [6.07, 6.45) is 0. The van der Waals surface area contributed by atoms with Gasteiger partial charge in [0.2, 0.25) is 0 Å². The molecule has 7 heteroatoms. The van der Waals surface area contributed by atoms with Gasteiger partial charge in [0.05, 0.1) is 25.1 Å². The van der Waals surface area contributed by atoms with Crippen LogP contribution in [-0.2, 0) is 0 Å².